The van der Waals surface area contributed by atoms with Gasteiger partial charge in [-0.3, -0.25) is 4.68 Å². The number of rotatable bonds is 4. The van der Waals surface area contributed by atoms with Crippen LogP contribution in [0.4, 0.5) is 0 Å². The van der Waals surface area contributed by atoms with E-state index in [-0.39, 0.29) is 0 Å². The molecule has 1 saturated carbocycles. The van der Waals surface area contributed by atoms with Gasteiger partial charge in [0.25, 0.3) is 0 Å². The van der Waals surface area contributed by atoms with E-state index >= 15 is 0 Å². The molecule has 1 fully saturated rings. The van der Waals surface area contributed by atoms with Gasteiger partial charge < -0.3 is 10.1 Å². The van der Waals surface area contributed by atoms with Crippen LogP contribution >= 0.6 is 0 Å². The summed E-state index contributed by atoms with van der Waals surface area (Å²) in [4.78, 5) is 0. The van der Waals surface area contributed by atoms with Crippen molar-refractivity contribution in [2.24, 2.45) is 12.5 Å². The molecule has 0 radical (unpaired) electrons. The zero-order valence-electron chi connectivity index (χ0n) is 11.3. The molecule has 0 bridgehead atoms. The Balaban J connectivity index is 2.37. The van der Waals surface area contributed by atoms with Gasteiger partial charge in [-0.1, -0.05) is 19.8 Å². The largest absolute Gasteiger partial charge is 0.493 e. The van der Waals surface area contributed by atoms with Crippen LogP contribution in [0.2, 0.25) is 0 Å². The quantitative estimate of drug-likeness (QED) is 0.873. The SMILES string of the molecule is CNC(c1c(OC)cnn1C)C1(C)CCCC1. The van der Waals surface area contributed by atoms with Crippen LogP contribution in [0.5, 0.6) is 5.75 Å². The standard InChI is InChI=1S/C13H23N3O/c1-13(7-5-6-8-13)12(14-2)11-10(17-4)9-15-16(11)3/h9,12,14H,5-8H2,1-4H3. The minimum Gasteiger partial charge on any atom is -0.493 e. The highest BCUT2D eigenvalue weighted by Gasteiger charge is 2.39. The smallest absolute Gasteiger partial charge is 0.161 e. The second-order valence-electron chi connectivity index (χ2n) is 5.30. The van der Waals surface area contributed by atoms with Gasteiger partial charge in [0.05, 0.1) is 25.0 Å². The summed E-state index contributed by atoms with van der Waals surface area (Å²) < 4.78 is 7.36. The summed E-state index contributed by atoms with van der Waals surface area (Å²) in [6.07, 6.45) is 7.00. The number of nitrogens with one attached hydrogen (secondary N) is 1. The van der Waals surface area contributed by atoms with Crippen LogP contribution in [0.25, 0.3) is 0 Å². The van der Waals surface area contributed by atoms with E-state index in [9.17, 15) is 0 Å². The molecule has 1 aromatic heterocycles. The van der Waals surface area contributed by atoms with Gasteiger partial charge in [0.1, 0.15) is 0 Å². The zero-order chi connectivity index (χ0) is 12.5. The molecule has 1 heterocycles. The molecule has 1 N–H and O–H groups in total. The predicted molar refractivity (Wildman–Crippen MR) is 68.1 cm³/mol. The summed E-state index contributed by atoms with van der Waals surface area (Å²) in [7, 11) is 5.73. The van der Waals surface area contributed by atoms with Crippen LogP contribution in [0.3, 0.4) is 0 Å². The highest BCUT2D eigenvalue weighted by molar-refractivity contribution is 5.30. The van der Waals surface area contributed by atoms with Crippen LogP contribution in [0, 0.1) is 5.41 Å². The minimum absolute atomic E-state index is 0.312. The second-order valence-corrected chi connectivity index (χ2v) is 5.30. The molecule has 0 saturated heterocycles. The fourth-order valence-electron chi connectivity index (χ4n) is 3.20. The molecule has 1 atom stereocenters. The lowest BCUT2D eigenvalue weighted by Gasteiger charge is -2.34. The van der Waals surface area contributed by atoms with Crippen molar-refractivity contribution in [2.45, 2.75) is 38.6 Å². The maximum Gasteiger partial charge on any atom is 0.161 e. The number of ether oxygens (including phenoxy) is 1. The van der Waals surface area contributed by atoms with Gasteiger partial charge in [-0.05, 0) is 25.3 Å². The van der Waals surface area contributed by atoms with Gasteiger partial charge in [0.15, 0.2) is 5.75 Å². The summed E-state index contributed by atoms with van der Waals surface area (Å²) in [5.41, 5.74) is 1.48. The Bertz CT molecular complexity index is 380. The number of methoxy groups -OCH3 is 1. The van der Waals surface area contributed by atoms with Gasteiger partial charge in [-0.15, -0.1) is 0 Å². The highest BCUT2D eigenvalue weighted by Crippen LogP contribution is 2.48. The van der Waals surface area contributed by atoms with E-state index in [2.05, 4.69) is 17.3 Å². The van der Waals surface area contributed by atoms with Gasteiger partial charge in [-0.2, -0.15) is 5.10 Å². The van der Waals surface area contributed by atoms with E-state index in [0.29, 0.717) is 11.5 Å². The molecule has 0 aliphatic heterocycles. The normalized spacial score (nSPS) is 20.5. The second kappa shape index (κ2) is 4.69. The molecule has 4 heteroatoms. The van der Waals surface area contributed by atoms with Gasteiger partial charge in [0, 0.05) is 7.05 Å². The van der Waals surface area contributed by atoms with E-state index in [1.165, 1.54) is 31.4 Å². The Labute approximate surface area is 103 Å². The fourth-order valence-corrected chi connectivity index (χ4v) is 3.20. The number of hydrogen-bond acceptors (Lipinski definition) is 3. The highest BCUT2D eigenvalue weighted by atomic mass is 16.5. The Morgan fingerprint density at radius 2 is 2.12 bits per heavy atom. The Morgan fingerprint density at radius 3 is 2.65 bits per heavy atom. The summed E-state index contributed by atoms with van der Waals surface area (Å²) in [5.74, 6) is 0.889. The van der Waals surface area contributed by atoms with E-state index in [0.717, 1.165) is 5.75 Å². The topological polar surface area (TPSA) is 39.1 Å². The lowest BCUT2D eigenvalue weighted by molar-refractivity contribution is 0.219. The maximum absolute atomic E-state index is 5.43. The first-order valence-electron chi connectivity index (χ1n) is 6.35. The van der Waals surface area contributed by atoms with Crippen molar-refractivity contribution >= 4 is 0 Å². The third-order valence-corrected chi connectivity index (χ3v) is 4.17. The van der Waals surface area contributed by atoms with Crippen molar-refractivity contribution in [1.29, 1.82) is 0 Å². The average molecular weight is 237 g/mol. The summed E-state index contributed by atoms with van der Waals surface area (Å²) in [5, 5.41) is 7.77. The summed E-state index contributed by atoms with van der Waals surface area (Å²) in [6.45, 7) is 2.37. The molecule has 1 aliphatic carbocycles. The lowest BCUT2D eigenvalue weighted by Crippen LogP contribution is -2.34. The molecule has 4 nitrogen and oxygen atoms in total. The molecule has 0 spiro atoms. The number of hydrogen-bond donors (Lipinski definition) is 1. The average Bonchev–Trinajstić information content (AvgIpc) is 2.89. The van der Waals surface area contributed by atoms with Crippen molar-refractivity contribution in [3.8, 4) is 5.75 Å². The summed E-state index contributed by atoms with van der Waals surface area (Å²) in [6, 6.07) is 0.312. The van der Waals surface area contributed by atoms with Gasteiger partial charge in [-0.25, -0.2) is 0 Å². The molecule has 96 valence electrons. The van der Waals surface area contributed by atoms with E-state index in [4.69, 9.17) is 4.74 Å². The van der Waals surface area contributed by atoms with Crippen molar-refractivity contribution in [3.05, 3.63) is 11.9 Å². The first-order valence-corrected chi connectivity index (χ1v) is 6.35. The molecule has 1 unspecified atom stereocenters. The molecule has 17 heavy (non-hydrogen) atoms. The Hall–Kier alpha value is -1.03. The van der Waals surface area contributed by atoms with Crippen LogP contribution < -0.4 is 10.1 Å². The minimum atomic E-state index is 0.312. The van der Waals surface area contributed by atoms with Gasteiger partial charge >= 0.3 is 0 Å². The van der Waals surface area contributed by atoms with Crippen LogP contribution in [-0.4, -0.2) is 23.9 Å². The fraction of sp³-hybridized carbons (Fsp3) is 0.769. The number of aryl methyl sites for hydroxylation is 1. The van der Waals surface area contributed by atoms with Gasteiger partial charge in [0.2, 0.25) is 0 Å². The monoisotopic (exact) mass is 237 g/mol. The first kappa shape index (κ1) is 12.4. The molecule has 1 aromatic rings. The van der Waals surface area contributed by atoms with Crippen molar-refractivity contribution in [3.63, 3.8) is 0 Å². The molecule has 2 rings (SSSR count). The first-order chi connectivity index (χ1) is 8.12. The van der Waals surface area contributed by atoms with Crippen molar-refractivity contribution in [2.75, 3.05) is 14.2 Å². The molecule has 1 aliphatic rings. The molecule has 0 amide bonds. The molecule has 0 aromatic carbocycles. The number of aromatic nitrogens is 2. The van der Waals surface area contributed by atoms with E-state index < -0.39 is 0 Å². The van der Waals surface area contributed by atoms with E-state index in [1.54, 1.807) is 13.3 Å². The predicted octanol–water partition coefficient (Wildman–Crippen LogP) is 2.27. The van der Waals surface area contributed by atoms with Crippen molar-refractivity contribution < 1.29 is 4.74 Å². The zero-order valence-corrected chi connectivity index (χ0v) is 11.3. The lowest BCUT2D eigenvalue weighted by atomic mass is 9.79. The number of nitrogens with zero attached hydrogens (tertiary/aromatic N) is 2. The third-order valence-electron chi connectivity index (χ3n) is 4.17. The third kappa shape index (κ3) is 2.06. The van der Waals surface area contributed by atoms with Crippen LogP contribution in [0.15, 0.2) is 6.20 Å². The van der Waals surface area contributed by atoms with Crippen molar-refractivity contribution in [1.82, 2.24) is 15.1 Å². The Morgan fingerprint density at radius 1 is 1.47 bits per heavy atom. The maximum atomic E-state index is 5.43. The van der Waals surface area contributed by atoms with Crippen LogP contribution in [0.1, 0.15) is 44.3 Å². The molecular weight excluding hydrogens is 214 g/mol. The Kier molecular flexibility index (Phi) is 3.43. The van der Waals surface area contributed by atoms with E-state index in [1.807, 2.05) is 18.8 Å². The summed E-state index contributed by atoms with van der Waals surface area (Å²) >= 11 is 0. The molecular formula is C13H23N3O. The van der Waals surface area contributed by atoms with Crippen LogP contribution in [-0.2, 0) is 7.05 Å².